The zero-order valence-electron chi connectivity index (χ0n) is 11.6. The summed E-state index contributed by atoms with van der Waals surface area (Å²) in [5, 5.41) is 18.2. The van der Waals surface area contributed by atoms with Crippen molar-refractivity contribution < 1.29 is 9.90 Å². The summed E-state index contributed by atoms with van der Waals surface area (Å²) in [4.78, 5) is 12.0. The maximum atomic E-state index is 10.5. The van der Waals surface area contributed by atoms with E-state index in [-0.39, 0.29) is 0 Å². The van der Waals surface area contributed by atoms with Crippen molar-refractivity contribution in [1.82, 2.24) is 9.89 Å². The summed E-state index contributed by atoms with van der Waals surface area (Å²) in [6.45, 7) is 0. The number of carboxylic acids is 1. The van der Waals surface area contributed by atoms with Crippen LogP contribution < -0.4 is 0 Å². The molecule has 0 aliphatic rings. The molecule has 5 nitrogen and oxygen atoms in total. The lowest BCUT2D eigenvalue weighted by Crippen LogP contribution is -1.92. The third kappa shape index (κ3) is 3.09. The lowest BCUT2D eigenvalue weighted by Gasteiger charge is -1.97. The molecule has 0 saturated carbocycles. The molecule has 22 heavy (non-hydrogen) atoms. The van der Waals surface area contributed by atoms with E-state index in [1.54, 1.807) is 23.3 Å². The fourth-order valence-electron chi connectivity index (χ4n) is 2.03. The molecule has 5 heteroatoms. The van der Waals surface area contributed by atoms with E-state index in [2.05, 4.69) is 10.2 Å². The molecule has 0 unspecified atom stereocenters. The molecule has 0 fully saturated rings. The Morgan fingerprint density at radius 1 is 1.09 bits per heavy atom. The van der Waals surface area contributed by atoms with E-state index in [9.17, 15) is 4.79 Å². The first-order chi connectivity index (χ1) is 10.7. The quantitative estimate of drug-likeness (QED) is 0.593. The summed E-state index contributed by atoms with van der Waals surface area (Å²) >= 11 is 0. The van der Waals surface area contributed by atoms with Gasteiger partial charge in [-0.3, -0.25) is 0 Å². The molecule has 0 amide bonds. The van der Waals surface area contributed by atoms with Gasteiger partial charge in [-0.05, 0) is 23.3 Å². The number of fused-ring (bicyclic) bond motifs is 1. The number of para-hydroxylation sites is 1. The number of nitrogens with zero attached hydrogens (tertiary/aromatic N) is 3. The molecule has 1 N–H and O–H groups in total. The third-order valence-electron chi connectivity index (χ3n) is 3.13. The molecular formula is C17H13N3O2. The van der Waals surface area contributed by atoms with Crippen LogP contribution in [0.1, 0.15) is 11.1 Å². The van der Waals surface area contributed by atoms with Crippen LogP contribution in [-0.4, -0.2) is 27.2 Å². The minimum Gasteiger partial charge on any atom is -0.478 e. The summed E-state index contributed by atoms with van der Waals surface area (Å²) in [5.41, 5.74) is 2.68. The first-order valence-corrected chi connectivity index (χ1v) is 6.70. The van der Waals surface area contributed by atoms with E-state index in [1.807, 2.05) is 48.5 Å². The molecule has 0 aliphatic heterocycles. The van der Waals surface area contributed by atoms with Gasteiger partial charge in [0.1, 0.15) is 0 Å². The predicted octanol–water partition coefficient (Wildman–Crippen LogP) is 3.02. The van der Waals surface area contributed by atoms with E-state index in [4.69, 9.17) is 5.11 Å². The van der Waals surface area contributed by atoms with Crippen LogP contribution in [0.15, 0.2) is 65.9 Å². The summed E-state index contributed by atoms with van der Waals surface area (Å²) in [5.74, 6) is -0.962. The monoisotopic (exact) mass is 291 g/mol. The number of rotatable bonds is 4. The van der Waals surface area contributed by atoms with Gasteiger partial charge in [0.25, 0.3) is 0 Å². The van der Waals surface area contributed by atoms with Gasteiger partial charge in [0, 0.05) is 11.5 Å². The zero-order valence-corrected chi connectivity index (χ0v) is 11.6. The molecule has 1 heterocycles. The normalized spacial score (nSPS) is 11.6. The maximum Gasteiger partial charge on any atom is 0.328 e. The minimum atomic E-state index is -0.962. The molecule has 0 radical (unpaired) electrons. The molecule has 3 rings (SSSR count). The largest absolute Gasteiger partial charge is 0.478 e. The lowest BCUT2D eigenvalue weighted by atomic mass is 10.1. The molecule has 0 saturated heterocycles. The van der Waals surface area contributed by atoms with Gasteiger partial charge in [0.2, 0.25) is 0 Å². The van der Waals surface area contributed by atoms with E-state index < -0.39 is 5.97 Å². The summed E-state index contributed by atoms with van der Waals surface area (Å²) in [6.07, 6.45) is 6.14. The lowest BCUT2D eigenvalue weighted by molar-refractivity contribution is -0.131. The van der Waals surface area contributed by atoms with Crippen LogP contribution >= 0.6 is 0 Å². The molecule has 0 aliphatic carbocycles. The minimum absolute atomic E-state index is 0.823. The first kappa shape index (κ1) is 13.8. The van der Waals surface area contributed by atoms with Gasteiger partial charge in [-0.15, -0.1) is 0 Å². The number of hydrogen-bond acceptors (Lipinski definition) is 3. The number of aliphatic carboxylic acids is 1. The van der Waals surface area contributed by atoms with Crippen LogP contribution in [0.25, 0.3) is 17.0 Å². The molecule has 0 bridgehead atoms. The van der Waals surface area contributed by atoms with Gasteiger partial charge in [0.05, 0.1) is 17.9 Å². The van der Waals surface area contributed by atoms with Crippen molar-refractivity contribution in [2.75, 3.05) is 0 Å². The van der Waals surface area contributed by atoms with E-state index >= 15 is 0 Å². The Morgan fingerprint density at radius 3 is 2.59 bits per heavy atom. The zero-order chi connectivity index (χ0) is 15.4. The highest BCUT2D eigenvalue weighted by molar-refractivity contribution is 5.86. The molecule has 108 valence electrons. The predicted molar refractivity (Wildman–Crippen MR) is 85.8 cm³/mol. The van der Waals surface area contributed by atoms with Gasteiger partial charge in [0.15, 0.2) is 0 Å². The van der Waals surface area contributed by atoms with Crippen molar-refractivity contribution in [3.63, 3.8) is 0 Å². The molecule has 0 spiro atoms. The smallest absolute Gasteiger partial charge is 0.328 e. The molecular weight excluding hydrogens is 278 g/mol. The molecule has 0 atom stereocenters. The van der Waals surface area contributed by atoms with E-state index in [0.717, 1.165) is 28.1 Å². The van der Waals surface area contributed by atoms with Gasteiger partial charge >= 0.3 is 5.97 Å². The Balaban J connectivity index is 1.79. The Labute approximate surface area is 126 Å². The van der Waals surface area contributed by atoms with Crippen LogP contribution in [0.4, 0.5) is 0 Å². The van der Waals surface area contributed by atoms with Gasteiger partial charge in [-0.25, -0.2) is 4.79 Å². The molecule has 3 aromatic rings. The highest BCUT2D eigenvalue weighted by Crippen LogP contribution is 2.12. The number of aromatic nitrogens is 2. The fourth-order valence-corrected chi connectivity index (χ4v) is 2.03. The van der Waals surface area contributed by atoms with Crippen LogP contribution in [0.3, 0.4) is 0 Å². The van der Waals surface area contributed by atoms with Crippen LogP contribution in [-0.2, 0) is 4.79 Å². The molecule has 2 aromatic carbocycles. The van der Waals surface area contributed by atoms with Crippen LogP contribution in [0.5, 0.6) is 0 Å². The Kier molecular flexibility index (Phi) is 3.78. The van der Waals surface area contributed by atoms with E-state index in [1.165, 1.54) is 0 Å². The second kappa shape index (κ2) is 6.05. The van der Waals surface area contributed by atoms with Crippen molar-refractivity contribution in [1.29, 1.82) is 0 Å². The van der Waals surface area contributed by atoms with Gasteiger partial charge in [-0.2, -0.15) is 15.0 Å². The summed E-state index contributed by atoms with van der Waals surface area (Å²) < 4.78 is 0. The second-order valence-corrected chi connectivity index (χ2v) is 4.68. The maximum absolute atomic E-state index is 10.5. The van der Waals surface area contributed by atoms with Crippen molar-refractivity contribution in [3.05, 3.63) is 71.9 Å². The number of benzene rings is 2. The van der Waals surface area contributed by atoms with Crippen LogP contribution in [0, 0.1) is 0 Å². The highest BCUT2D eigenvalue weighted by atomic mass is 16.4. The van der Waals surface area contributed by atoms with Crippen molar-refractivity contribution in [3.8, 4) is 0 Å². The number of hydrogen-bond donors (Lipinski definition) is 1. The van der Waals surface area contributed by atoms with Crippen LogP contribution in [0.2, 0.25) is 0 Å². The fraction of sp³-hybridized carbons (Fsp3) is 0. The van der Waals surface area contributed by atoms with Crippen molar-refractivity contribution >= 4 is 29.2 Å². The Bertz CT molecular complexity index is 861. The standard InChI is InChI=1S/C17H13N3O2/c21-17(22)10-9-13-5-7-14(8-6-13)11-18-20-16-4-2-1-3-15(16)12-19-20/h1-12H,(H,21,22)/b10-9+,18-11-. The second-order valence-electron chi connectivity index (χ2n) is 4.68. The topological polar surface area (TPSA) is 67.5 Å². The average Bonchev–Trinajstić information content (AvgIpc) is 2.95. The Morgan fingerprint density at radius 2 is 1.82 bits per heavy atom. The number of carboxylic acid groups (broad SMARTS) is 1. The van der Waals surface area contributed by atoms with Crippen molar-refractivity contribution in [2.24, 2.45) is 5.10 Å². The average molecular weight is 291 g/mol. The Hall–Kier alpha value is -3.21. The highest BCUT2D eigenvalue weighted by Gasteiger charge is 1.98. The third-order valence-corrected chi connectivity index (χ3v) is 3.13. The van der Waals surface area contributed by atoms with Gasteiger partial charge < -0.3 is 5.11 Å². The van der Waals surface area contributed by atoms with Gasteiger partial charge in [-0.1, -0.05) is 42.5 Å². The number of carbonyl (C=O) groups is 1. The first-order valence-electron chi connectivity index (χ1n) is 6.70. The summed E-state index contributed by atoms with van der Waals surface area (Å²) in [6, 6.07) is 15.3. The molecule has 1 aromatic heterocycles. The SMILES string of the molecule is O=C(O)/C=C/c1ccc(/C=N\n2ncc3ccccc32)cc1. The van der Waals surface area contributed by atoms with Crippen molar-refractivity contribution in [2.45, 2.75) is 0 Å². The summed E-state index contributed by atoms with van der Waals surface area (Å²) in [7, 11) is 0. The van der Waals surface area contributed by atoms with E-state index in [0.29, 0.717) is 0 Å².